The van der Waals surface area contributed by atoms with Gasteiger partial charge in [-0.05, 0) is 49.4 Å². The zero-order valence-corrected chi connectivity index (χ0v) is 18.3. The van der Waals surface area contributed by atoms with Crippen LogP contribution in [0.3, 0.4) is 0 Å². The molecule has 0 spiro atoms. The first kappa shape index (κ1) is 19.9. The van der Waals surface area contributed by atoms with Gasteiger partial charge in [0, 0.05) is 23.8 Å². The van der Waals surface area contributed by atoms with Crippen molar-refractivity contribution < 1.29 is 9.53 Å². The predicted molar refractivity (Wildman–Crippen MR) is 122 cm³/mol. The monoisotopic (exact) mass is 454 g/mol. The summed E-state index contributed by atoms with van der Waals surface area (Å²) in [7, 11) is 0. The van der Waals surface area contributed by atoms with E-state index in [-0.39, 0.29) is 11.7 Å². The maximum atomic E-state index is 12.7. The molecule has 4 aromatic rings. The molecule has 0 unspecified atom stereocenters. The zero-order chi connectivity index (χ0) is 21.4. The Labute approximate surface area is 187 Å². The van der Waals surface area contributed by atoms with E-state index in [1.807, 2.05) is 30.3 Å². The lowest BCUT2D eigenvalue weighted by molar-refractivity contribution is 0.101. The molecule has 0 saturated carbocycles. The lowest BCUT2D eigenvalue weighted by atomic mass is 10.3. The van der Waals surface area contributed by atoms with Crippen LogP contribution in [-0.4, -0.2) is 52.0 Å². The van der Waals surface area contributed by atoms with Crippen molar-refractivity contribution in [2.45, 2.75) is 6.92 Å². The van der Waals surface area contributed by atoms with E-state index in [2.05, 4.69) is 20.3 Å². The van der Waals surface area contributed by atoms with Crippen LogP contribution < -0.4 is 10.2 Å². The molecule has 1 N–H and O–H groups in total. The van der Waals surface area contributed by atoms with Crippen LogP contribution in [0, 0.1) is 6.92 Å². The largest absolute Gasteiger partial charge is 0.378 e. The van der Waals surface area contributed by atoms with Gasteiger partial charge in [-0.1, -0.05) is 22.9 Å². The SMILES string of the molecule is Cc1nc(C(=O)Nc2ccc3nc(N4CCOCC4)sc3c2)nn1-c1ccc(Cl)cc1. The molecule has 0 atom stereocenters. The van der Waals surface area contributed by atoms with Crippen molar-refractivity contribution in [2.24, 2.45) is 0 Å². The first-order valence-electron chi connectivity index (χ1n) is 9.81. The third kappa shape index (κ3) is 4.12. The van der Waals surface area contributed by atoms with Crippen LogP contribution in [0.5, 0.6) is 0 Å². The summed E-state index contributed by atoms with van der Waals surface area (Å²) >= 11 is 7.56. The number of benzene rings is 2. The number of amides is 1. The van der Waals surface area contributed by atoms with Gasteiger partial charge in [0.05, 0.1) is 29.1 Å². The van der Waals surface area contributed by atoms with Gasteiger partial charge < -0.3 is 15.0 Å². The Kier molecular flexibility index (Phi) is 5.31. The van der Waals surface area contributed by atoms with E-state index in [0.29, 0.717) is 29.7 Å². The van der Waals surface area contributed by atoms with Gasteiger partial charge in [-0.15, -0.1) is 5.10 Å². The number of morpholine rings is 1. The highest BCUT2D eigenvalue weighted by Gasteiger charge is 2.18. The molecule has 10 heteroatoms. The number of carbonyl (C=O) groups is 1. The van der Waals surface area contributed by atoms with Crippen molar-refractivity contribution in [3.05, 3.63) is 59.1 Å². The molecule has 8 nitrogen and oxygen atoms in total. The van der Waals surface area contributed by atoms with Crippen LogP contribution in [0.1, 0.15) is 16.4 Å². The van der Waals surface area contributed by atoms with E-state index in [4.69, 9.17) is 21.3 Å². The lowest BCUT2D eigenvalue weighted by Crippen LogP contribution is -2.36. The number of thiazole rings is 1. The molecule has 0 radical (unpaired) electrons. The van der Waals surface area contributed by atoms with Gasteiger partial charge in [0.15, 0.2) is 5.13 Å². The van der Waals surface area contributed by atoms with Crippen LogP contribution in [0.15, 0.2) is 42.5 Å². The third-order valence-electron chi connectivity index (χ3n) is 4.96. The lowest BCUT2D eigenvalue weighted by Gasteiger charge is -2.25. The van der Waals surface area contributed by atoms with E-state index in [0.717, 1.165) is 34.1 Å². The first-order chi connectivity index (χ1) is 15.1. The van der Waals surface area contributed by atoms with Gasteiger partial charge in [0.25, 0.3) is 5.91 Å². The molecular weight excluding hydrogens is 436 g/mol. The quantitative estimate of drug-likeness (QED) is 0.503. The molecule has 1 amide bonds. The highest BCUT2D eigenvalue weighted by atomic mass is 35.5. The van der Waals surface area contributed by atoms with Crippen LogP contribution in [0.2, 0.25) is 5.02 Å². The number of ether oxygens (including phenoxy) is 1. The summed E-state index contributed by atoms with van der Waals surface area (Å²) in [5, 5.41) is 8.85. The number of hydrogen-bond donors (Lipinski definition) is 1. The fourth-order valence-electron chi connectivity index (χ4n) is 3.38. The Bertz CT molecular complexity index is 1250. The highest BCUT2D eigenvalue weighted by molar-refractivity contribution is 7.22. The second kappa shape index (κ2) is 8.26. The van der Waals surface area contributed by atoms with E-state index < -0.39 is 0 Å². The molecule has 5 rings (SSSR count). The minimum Gasteiger partial charge on any atom is -0.378 e. The smallest absolute Gasteiger partial charge is 0.295 e. The fourth-order valence-corrected chi connectivity index (χ4v) is 4.56. The minimum absolute atomic E-state index is 0.103. The molecule has 2 aromatic carbocycles. The van der Waals surface area contributed by atoms with Crippen molar-refractivity contribution in [1.82, 2.24) is 19.7 Å². The Morgan fingerprint density at radius 2 is 1.90 bits per heavy atom. The molecule has 31 heavy (non-hydrogen) atoms. The number of nitrogens with one attached hydrogen (secondary N) is 1. The maximum Gasteiger partial charge on any atom is 0.295 e. The van der Waals surface area contributed by atoms with Gasteiger partial charge in [-0.3, -0.25) is 4.79 Å². The Morgan fingerprint density at radius 1 is 1.13 bits per heavy atom. The number of aryl methyl sites for hydroxylation is 1. The van der Waals surface area contributed by atoms with Crippen molar-refractivity contribution in [3.8, 4) is 5.69 Å². The average molecular weight is 455 g/mol. The number of anilines is 2. The third-order valence-corrected chi connectivity index (χ3v) is 6.29. The van der Waals surface area contributed by atoms with E-state index >= 15 is 0 Å². The van der Waals surface area contributed by atoms with E-state index in [1.165, 1.54) is 0 Å². The van der Waals surface area contributed by atoms with Crippen LogP contribution in [-0.2, 0) is 4.74 Å². The molecule has 3 heterocycles. The molecule has 158 valence electrons. The number of halogens is 1. The summed E-state index contributed by atoms with van der Waals surface area (Å²) in [6.45, 7) is 4.91. The minimum atomic E-state index is -0.368. The maximum absolute atomic E-state index is 12.7. The Hall–Kier alpha value is -3.01. The van der Waals surface area contributed by atoms with Crippen LogP contribution in [0.4, 0.5) is 10.8 Å². The number of aromatic nitrogens is 4. The number of nitrogens with zero attached hydrogens (tertiary/aromatic N) is 5. The van der Waals surface area contributed by atoms with Gasteiger partial charge >= 0.3 is 0 Å². The standard InChI is InChI=1S/C21H19ClN6O2S/c1-13-23-19(26-28(13)16-5-2-14(22)3-6-16)20(29)24-15-4-7-17-18(12-15)31-21(25-17)27-8-10-30-11-9-27/h2-7,12H,8-11H2,1H3,(H,24,29). The van der Waals surface area contributed by atoms with Gasteiger partial charge in [0.2, 0.25) is 5.82 Å². The summed E-state index contributed by atoms with van der Waals surface area (Å²) in [5.74, 6) is 0.347. The summed E-state index contributed by atoms with van der Waals surface area (Å²) in [6.07, 6.45) is 0. The molecule has 2 aromatic heterocycles. The highest BCUT2D eigenvalue weighted by Crippen LogP contribution is 2.31. The fraction of sp³-hybridized carbons (Fsp3) is 0.238. The van der Waals surface area contributed by atoms with E-state index in [1.54, 1.807) is 35.1 Å². The van der Waals surface area contributed by atoms with Gasteiger partial charge in [-0.25, -0.2) is 14.6 Å². The van der Waals surface area contributed by atoms with Crippen molar-refractivity contribution in [1.29, 1.82) is 0 Å². The molecule has 1 fully saturated rings. The summed E-state index contributed by atoms with van der Waals surface area (Å²) in [6, 6.07) is 12.9. The first-order valence-corrected chi connectivity index (χ1v) is 11.0. The van der Waals surface area contributed by atoms with Crippen molar-refractivity contribution in [2.75, 3.05) is 36.5 Å². The molecule has 1 aliphatic heterocycles. The summed E-state index contributed by atoms with van der Waals surface area (Å²) in [4.78, 5) is 24.0. The van der Waals surface area contributed by atoms with E-state index in [9.17, 15) is 4.79 Å². The zero-order valence-electron chi connectivity index (χ0n) is 16.7. The Morgan fingerprint density at radius 3 is 2.68 bits per heavy atom. The van der Waals surface area contributed by atoms with Crippen molar-refractivity contribution >= 4 is 49.9 Å². The van der Waals surface area contributed by atoms with Gasteiger partial charge in [0.1, 0.15) is 5.82 Å². The number of hydrogen-bond acceptors (Lipinski definition) is 7. The Balaban J connectivity index is 1.35. The average Bonchev–Trinajstić information content (AvgIpc) is 3.38. The number of rotatable bonds is 4. The summed E-state index contributed by atoms with van der Waals surface area (Å²) in [5.41, 5.74) is 2.37. The molecular formula is C21H19ClN6O2S. The molecule has 0 bridgehead atoms. The second-order valence-electron chi connectivity index (χ2n) is 7.10. The van der Waals surface area contributed by atoms with Crippen LogP contribution in [0.25, 0.3) is 15.9 Å². The topological polar surface area (TPSA) is 85.2 Å². The normalized spacial score (nSPS) is 14.2. The predicted octanol–water partition coefficient (Wildman–Crippen LogP) is 3.93. The number of fused-ring (bicyclic) bond motifs is 1. The van der Waals surface area contributed by atoms with Crippen LogP contribution >= 0.6 is 22.9 Å². The number of carbonyl (C=O) groups excluding carboxylic acids is 1. The van der Waals surface area contributed by atoms with Gasteiger partial charge in [-0.2, -0.15) is 0 Å². The van der Waals surface area contributed by atoms with Crippen molar-refractivity contribution in [3.63, 3.8) is 0 Å². The molecule has 0 aliphatic carbocycles. The molecule has 1 aliphatic rings. The molecule has 1 saturated heterocycles. The second-order valence-corrected chi connectivity index (χ2v) is 8.55. The summed E-state index contributed by atoms with van der Waals surface area (Å²) < 4.78 is 8.04.